The average molecular weight is 511 g/mol. The van der Waals surface area contributed by atoms with Gasteiger partial charge in [-0.1, -0.05) is 32.9 Å². The summed E-state index contributed by atoms with van der Waals surface area (Å²) in [5.41, 5.74) is 5.93. The van der Waals surface area contributed by atoms with Crippen LogP contribution in [0.25, 0.3) is 54.9 Å². The Morgan fingerprint density at radius 2 is 1.84 bits per heavy atom. The number of thiophene rings is 1. The molecule has 9 heteroatoms. The third-order valence-corrected chi connectivity index (χ3v) is 7.10. The number of benzene rings is 1. The summed E-state index contributed by atoms with van der Waals surface area (Å²) >= 11 is 1.13. The summed E-state index contributed by atoms with van der Waals surface area (Å²) in [5.74, 6) is -0.0828. The molecule has 0 aliphatic heterocycles. The number of rotatable bonds is 4. The zero-order chi connectivity index (χ0) is 25.7. The lowest BCUT2D eigenvalue weighted by Crippen LogP contribution is -2.27. The zero-order valence-electron chi connectivity index (χ0n) is 20.4. The molecule has 37 heavy (non-hydrogen) atoms. The lowest BCUT2D eigenvalue weighted by Gasteiger charge is -2.17. The first kappa shape index (κ1) is 23.1. The molecule has 0 saturated carbocycles. The molecule has 0 unspecified atom stereocenters. The van der Waals surface area contributed by atoms with E-state index >= 15 is 0 Å². The van der Waals surface area contributed by atoms with Crippen LogP contribution in [-0.4, -0.2) is 31.1 Å². The van der Waals surface area contributed by atoms with E-state index in [0.29, 0.717) is 11.3 Å². The van der Waals surface area contributed by atoms with Crippen LogP contribution in [0.4, 0.5) is 10.1 Å². The minimum Gasteiger partial charge on any atom is -0.353 e. The number of pyridine rings is 2. The number of carbonyl (C=O) groups is 1. The number of anilines is 1. The van der Waals surface area contributed by atoms with E-state index in [9.17, 15) is 9.18 Å². The van der Waals surface area contributed by atoms with Gasteiger partial charge in [0.25, 0.3) is 0 Å². The molecule has 0 saturated heterocycles. The molecule has 0 aliphatic rings. The fraction of sp³-hybridized carbons (Fsp3) is 0.143. The van der Waals surface area contributed by atoms with Crippen LogP contribution in [0.2, 0.25) is 0 Å². The maximum Gasteiger partial charge on any atom is 0.229 e. The number of halogens is 1. The van der Waals surface area contributed by atoms with Gasteiger partial charge in [-0.2, -0.15) is 9.49 Å². The highest BCUT2D eigenvalue weighted by atomic mass is 32.1. The summed E-state index contributed by atoms with van der Waals surface area (Å²) in [4.78, 5) is 25.6. The number of carbonyl (C=O) groups excluding carboxylic acids is 1. The zero-order valence-corrected chi connectivity index (χ0v) is 21.2. The predicted molar refractivity (Wildman–Crippen MR) is 146 cm³/mol. The fourth-order valence-corrected chi connectivity index (χ4v) is 4.98. The number of nitrogens with zero attached hydrogens (tertiary/aromatic N) is 3. The van der Waals surface area contributed by atoms with Gasteiger partial charge in [0.2, 0.25) is 5.91 Å². The molecular weight excluding hydrogens is 487 g/mol. The van der Waals surface area contributed by atoms with E-state index in [1.165, 1.54) is 6.07 Å². The summed E-state index contributed by atoms with van der Waals surface area (Å²) in [7, 11) is 0. The van der Waals surface area contributed by atoms with Gasteiger partial charge in [0.15, 0.2) is 10.8 Å². The topological polar surface area (TPSA) is 99.3 Å². The summed E-state index contributed by atoms with van der Waals surface area (Å²) in [6.07, 6.45) is 5.11. The Kier molecular flexibility index (Phi) is 5.38. The third kappa shape index (κ3) is 4.27. The van der Waals surface area contributed by atoms with E-state index in [2.05, 4.69) is 30.5 Å². The Bertz CT molecular complexity index is 1790. The van der Waals surface area contributed by atoms with Crippen molar-refractivity contribution >= 4 is 44.9 Å². The summed E-state index contributed by atoms with van der Waals surface area (Å²) < 4.78 is 13.7. The van der Waals surface area contributed by atoms with Crippen molar-refractivity contribution in [2.45, 2.75) is 20.8 Å². The Morgan fingerprint density at radius 3 is 2.62 bits per heavy atom. The number of amides is 1. The molecule has 0 spiro atoms. The van der Waals surface area contributed by atoms with Crippen LogP contribution >= 0.6 is 11.3 Å². The Hall–Kier alpha value is -4.37. The van der Waals surface area contributed by atoms with Crippen molar-refractivity contribution in [3.63, 3.8) is 0 Å². The monoisotopic (exact) mass is 510 g/mol. The van der Waals surface area contributed by atoms with E-state index in [-0.39, 0.29) is 11.0 Å². The Balaban J connectivity index is 1.40. The number of H-pyrrole nitrogens is 2. The van der Waals surface area contributed by atoms with Crippen molar-refractivity contribution in [3.8, 4) is 33.0 Å². The number of fused-ring (bicyclic) bond motifs is 2. The van der Waals surface area contributed by atoms with Gasteiger partial charge in [0, 0.05) is 55.7 Å². The quantitative estimate of drug-likeness (QED) is 0.237. The van der Waals surface area contributed by atoms with Gasteiger partial charge in [0.1, 0.15) is 0 Å². The molecule has 0 bridgehead atoms. The lowest BCUT2D eigenvalue weighted by molar-refractivity contribution is -0.123. The summed E-state index contributed by atoms with van der Waals surface area (Å²) in [6, 6.07) is 15.2. The molecule has 5 heterocycles. The Labute approximate surface area is 215 Å². The van der Waals surface area contributed by atoms with Crippen molar-refractivity contribution in [2.75, 3.05) is 5.32 Å². The van der Waals surface area contributed by atoms with Crippen LogP contribution in [0.1, 0.15) is 20.8 Å². The Morgan fingerprint density at radius 1 is 1.00 bits per heavy atom. The van der Waals surface area contributed by atoms with Crippen LogP contribution in [0.5, 0.6) is 0 Å². The van der Waals surface area contributed by atoms with E-state index in [4.69, 9.17) is 0 Å². The minimum absolute atomic E-state index is 0.0828. The van der Waals surface area contributed by atoms with E-state index in [1.54, 1.807) is 24.7 Å². The van der Waals surface area contributed by atoms with Crippen molar-refractivity contribution in [2.24, 2.45) is 5.41 Å². The van der Waals surface area contributed by atoms with E-state index in [1.807, 2.05) is 57.2 Å². The highest BCUT2D eigenvalue weighted by molar-refractivity contribution is 7.14. The molecule has 0 atom stereocenters. The molecule has 5 aromatic heterocycles. The summed E-state index contributed by atoms with van der Waals surface area (Å²) in [5, 5.41) is 12.1. The smallest absolute Gasteiger partial charge is 0.229 e. The highest BCUT2D eigenvalue weighted by Gasteiger charge is 2.21. The number of aromatic amines is 2. The maximum atomic E-state index is 13.7. The fourth-order valence-electron chi connectivity index (χ4n) is 4.21. The van der Waals surface area contributed by atoms with Gasteiger partial charge in [-0.25, -0.2) is 4.98 Å². The van der Waals surface area contributed by atoms with Crippen LogP contribution in [0, 0.1) is 10.5 Å². The van der Waals surface area contributed by atoms with Gasteiger partial charge in [-0.05, 0) is 36.4 Å². The minimum atomic E-state index is -0.515. The molecule has 0 fully saturated rings. The van der Waals surface area contributed by atoms with Crippen LogP contribution < -0.4 is 5.32 Å². The average Bonchev–Trinajstić information content (AvgIpc) is 3.60. The second-order valence-corrected chi connectivity index (χ2v) is 10.9. The van der Waals surface area contributed by atoms with E-state index in [0.717, 1.165) is 60.6 Å². The first-order valence-electron chi connectivity index (χ1n) is 11.7. The molecule has 6 aromatic rings. The maximum absolute atomic E-state index is 13.7. The lowest BCUT2D eigenvalue weighted by atomic mass is 9.95. The molecule has 6 rings (SSSR count). The summed E-state index contributed by atoms with van der Waals surface area (Å²) in [6.45, 7) is 5.59. The van der Waals surface area contributed by atoms with Crippen LogP contribution in [0.3, 0.4) is 0 Å². The number of hydrogen-bond donors (Lipinski definition) is 3. The first-order valence-corrected chi connectivity index (χ1v) is 12.6. The van der Waals surface area contributed by atoms with Gasteiger partial charge in [-0.3, -0.25) is 14.9 Å². The SMILES string of the molecule is CC(C)(C)C(=O)Nc1cncc(-c2cnc3n[nH]c(-c4cc5c(-c6ccc(F)s6)cccc5[nH]4)c3c2)c1. The molecule has 7 nitrogen and oxygen atoms in total. The van der Waals surface area contributed by atoms with Crippen LogP contribution in [0.15, 0.2) is 67.1 Å². The molecule has 3 N–H and O–H groups in total. The molecule has 1 amide bonds. The van der Waals surface area contributed by atoms with Gasteiger partial charge >= 0.3 is 0 Å². The van der Waals surface area contributed by atoms with Crippen molar-refractivity contribution in [1.29, 1.82) is 0 Å². The third-order valence-electron chi connectivity index (χ3n) is 6.19. The normalized spacial score (nSPS) is 11.9. The van der Waals surface area contributed by atoms with Gasteiger partial charge < -0.3 is 10.3 Å². The van der Waals surface area contributed by atoms with Crippen molar-refractivity contribution in [3.05, 3.63) is 72.3 Å². The standard InChI is InChI=1S/C28H23FN6OS/c1-28(2,3)27(36)32-17-9-15(12-30-14-17)16-10-20-25(34-35-26(20)31-13-16)22-11-19-18(5-4-6-21(19)33-22)23-7-8-24(29)37-23/h4-14,33H,1-3H3,(H,32,36)(H,31,34,35). The van der Waals surface area contributed by atoms with Crippen LogP contribution in [-0.2, 0) is 4.79 Å². The van der Waals surface area contributed by atoms with Crippen molar-refractivity contribution < 1.29 is 9.18 Å². The second-order valence-electron chi connectivity index (χ2n) is 9.91. The first-order chi connectivity index (χ1) is 17.8. The number of aromatic nitrogens is 5. The molecular formula is C28H23FN6OS. The van der Waals surface area contributed by atoms with E-state index < -0.39 is 5.41 Å². The molecule has 0 radical (unpaired) electrons. The number of nitrogens with one attached hydrogen (secondary N) is 3. The van der Waals surface area contributed by atoms with Gasteiger partial charge in [-0.15, -0.1) is 11.3 Å². The van der Waals surface area contributed by atoms with Gasteiger partial charge in [0.05, 0.1) is 23.3 Å². The molecule has 184 valence electrons. The molecule has 0 aliphatic carbocycles. The van der Waals surface area contributed by atoms with Crippen molar-refractivity contribution in [1.82, 2.24) is 25.1 Å². The number of hydrogen-bond acceptors (Lipinski definition) is 5. The largest absolute Gasteiger partial charge is 0.353 e. The highest BCUT2D eigenvalue weighted by Crippen LogP contribution is 2.37. The molecule has 1 aromatic carbocycles. The predicted octanol–water partition coefficient (Wildman–Crippen LogP) is 7.02. The second kappa shape index (κ2) is 8.63.